The molecule has 0 radical (unpaired) electrons. The van der Waals surface area contributed by atoms with E-state index < -0.39 is 12.1 Å². The lowest BCUT2D eigenvalue weighted by Crippen LogP contribution is -2.50. The van der Waals surface area contributed by atoms with E-state index in [1.807, 2.05) is 6.07 Å². The second-order valence-corrected chi connectivity index (χ2v) is 5.95. The zero-order valence-corrected chi connectivity index (χ0v) is 13.2. The fraction of sp³-hybridized carbons (Fsp3) is 0.529. The summed E-state index contributed by atoms with van der Waals surface area (Å²) in [6, 6.07) is 8.36. The Labute approximate surface area is 131 Å². The van der Waals surface area contributed by atoms with Gasteiger partial charge in [-0.05, 0) is 37.8 Å². The van der Waals surface area contributed by atoms with Gasteiger partial charge in [0, 0.05) is 6.04 Å². The van der Waals surface area contributed by atoms with Gasteiger partial charge in [-0.1, -0.05) is 38.0 Å². The molecule has 0 aromatic heterocycles. The summed E-state index contributed by atoms with van der Waals surface area (Å²) < 4.78 is 5.12. The van der Waals surface area contributed by atoms with Crippen LogP contribution in [0.3, 0.4) is 0 Å². The average molecular weight is 304 g/mol. The average Bonchev–Trinajstić information content (AvgIpc) is 2.50. The summed E-state index contributed by atoms with van der Waals surface area (Å²) in [5.41, 5.74) is 0. The van der Waals surface area contributed by atoms with Gasteiger partial charge in [-0.2, -0.15) is 0 Å². The Bertz CT molecular complexity index is 504. The van der Waals surface area contributed by atoms with Gasteiger partial charge in [0.25, 0.3) is 0 Å². The van der Waals surface area contributed by atoms with Crippen molar-refractivity contribution in [1.82, 2.24) is 10.6 Å². The molecule has 22 heavy (non-hydrogen) atoms. The van der Waals surface area contributed by atoms with Crippen LogP contribution in [0.25, 0.3) is 0 Å². The number of hydrogen-bond acceptors (Lipinski definition) is 3. The van der Waals surface area contributed by atoms with Crippen LogP contribution in [0.4, 0.5) is 4.79 Å². The first-order valence-corrected chi connectivity index (χ1v) is 7.90. The lowest BCUT2D eigenvalue weighted by atomic mass is 9.86. The van der Waals surface area contributed by atoms with E-state index in [2.05, 4.69) is 17.6 Å². The highest BCUT2D eigenvalue weighted by atomic mass is 16.6. The predicted octanol–water partition coefficient (Wildman–Crippen LogP) is 2.86. The molecule has 0 unspecified atom stereocenters. The topological polar surface area (TPSA) is 67.4 Å². The highest BCUT2D eigenvalue weighted by molar-refractivity contribution is 5.85. The van der Waals surface area contributed by atoms with Crippen molar-refractivity contribution >= 4 is 12.0 Å². The van der Waals surface area contributed by atoms with Crippen molar-refractivity contribution < 1.29 is 14.3 Å². The van der Waals surface area contributed by atoms with E-state index in [4.69, 9.17) is 4.74 Å². The normalized spacial score (nSPS) is 22.5. The number of benzene rings is 1. The maximum Gasteiger partial charge on any atom is 0.413 e. The number of ether oxygens (including phenoxy) is 1. The molecule has 1 aromatic rings. The van der Waals surface area contributed by atoms with Crippen LogP contribution in [-0.4, -0.2) is 24.1 Å². The maximum absolute atomic E-state index is 12.2. The molecule has 5 nitrogen and oxygen atoms in total. The molecule has 1 fully saturated rings. The van der Waals surface area contributed by atoms with Crippen LogP contribution in [0.2, 0.25) is 0 Å². The van der Waals surface area contributed by atoms with E-state index in [-0.39, 0.29) is 11.9 Å². The van der Waals surface area contributed by atoms with Crippen molar-refractivity contribution in [1.29, 1.82) is 0 Å². The van der Waals surface area contributed by atoms with E-state index >= 15 is 0 Å². The van der Waals surface area contributed by atoms with E-state index in [1.165, 1.54) is 6.42 Å². The minimum Gasteiger partial charge on any atom is -0.410 e. The SMILES string of the molecule is C[C@H](NC(=O)Oc1ccccc1)C(=O)N[C@@H]1CCCC[C@H]1C. The van der Waals surface area contributed by atoms with Gasteiger partial charge >= 0.3 is 6.09 Å². The Morgan fingerprint density at radius 2 is 1.86 bits per heavy atom. The van der Waals surface area contributed by atoms with Crippen LogP contribution in [-0.2, 0) is 4.79 Å². The van der Waals surface area contributed by atoms with Gasteiger partial charge < -0.3 is 15.4 Å². The van der Waals surface area contributed by atoms with E-state index in [1.54, 1.807) is 31.2 Å². The molecule has 0 saturated heterocycles. The van der Waals surface area contributed by atoms with Gasteiger partial charge in [-0.25, -0.2) is 4.79 Å². The summed E-state index contributed by atoms with van der Waals surface area (Å²) in [4.78, 5) is 23.9. The third-order valence-electron chi connectivity index (χ3n) is 4.12. The summed E-state index contributed by atoms with van der Waals surface area (Å²) in [5.74, 6) is 0.776. The smallest absolute Gasteiger partial charge is 0.410 e. The largest absolute Gasteiger partial charge is 0.413 e. The molecule has 2 amide bonds. The third kappa shape index (κ3) is 4.76. The van der Waals surface area contributed by atoms with Gasteiger partial charge in [-0.3, -0.25) is 4.79 Å². The molecule has 1 aliphatic rings. The highest BCUT2D eigenvalue weighted by Gasteiger charge is 2.25. The molecule has 5 heteroatoms. The molecule has 0 spiro atoms. The zero-order valence-electron chi connectivity index (χ0n) is 13.2. The number of nitrogens with one attached hydrogen (secondary N) is 2. The summed E-state index contributed by atoms with van der Waals surface area (Å²) in [6.45, 7) is 3.82. The Morgan fingerprint density at radius 1 is 1.18 bits per heavy atom. The van der Waals surface area contributed by atoms with Gasteiger partial charge in [0.1, 0.15) is 11.8 Å². The standard InChI is InChI=1S/C17H24N2O3/c1-12-8-6-7-11-15(12)19-16(20)13(2)18-17(21)22-14-9-4-3-5-10-14/h3-5,9-10,12-13,15H,6-8,11H2,1-2H3,(H,18,21)(H,19,20)/t12-,13+,15-/m1/s1. The maximum atomic E-state index is 12.2. The first-order chi connectivity index (χ1) is 10.6. The summed E-state index contributed by atoms with van der Waals surface area (Å²) in [6.07, 6.45) is 3.90. The van der Waals surface area contributed by atoms with Crippen molar-refractivity contribution in [3.8, 4) is 5.75 Å². The first kappa shape index (κ1) is 16.3. The molecule has 0 heterocycles. The lowest BCUT2D eigenvalue weighted by molar-refractivity contribution is -0.123. The Kier molecular flexibility index (Phi) is 5.81. The van der Waals surface area contributed by atoms with Gasteiger partial charge in [-0.15, -0.1) is 0 Å². The van der Waals surface area contributed by atoms with Gasteiger partial charge in [0.2, 0.25) is 5.91 Å². The molecule has 3 atom stereocenters. The summed E-state index contributed by atoms with van der Waals surface area (Å²) in [5, 5.41) is 5.59. The van der Waals surface area contributed by atoms with E-state index in [9.17, 15) is 9.59 Å². The van der Waals surface area contributed by atoms with Crippen LogP contribution in [0.1, 0.15) is 39.5 Å². The van der Waals surface area contributed by atoms with Crippen molar-refractivity contribution in [3.63, 3.8) is 0 Å². The Morgan fingerprint density at radius 3 is 2.55 bits per heavy atom. The van der Waals surface area contributed by atoms with Crippen LogP contribution in [0.5, 0.6) is 5.75 Å². The minimum absolute atomic E-state index is 0.163. The van der Waals surface area contributed by atoms with Crippen molar-refractivity contribution in [2.24, 2.45) is 5.92 Å². The van der Waals surface area contributed by atoms with Crippen LogP contribution in [0.15, 0.2) is 30.3 Å². The molecular formula is C17H24N2O3. The highest BCUT2D eigenvalue weighted by Crippen LogP contribution is 2.23. The number of rotatable bonds is 4. The lowest BCUT2D eigenvalue weighted by Gasteiger charge is -2.30. The number of carbonyl (C=O) groups excluding carboxylic acids is 2. The zero-order chi connectivity index (χ0) is 15.9. The minimum atomic E-state index is -0.620. The van der Waals surface area contributed by atoms with Gasteiger partial charge in [0.05, 0.1) is 0 Å². The molecule has 120 valence electrons. The quantitative estimate of drug-likeness (QED) is 0.899. The number of amides is 2. The summed E-state index contributed by atoms with van der Waals surface area (Å²) in [7, 11) is 0. The molecule has 1 saturated carbocycles. The summed E-state index contributed by atoms with van der Waals surface area (Å²) >= 11 is 0. The van der Waals surface area contributed by atoms with Crippen molar-refractivity contribution in [3.05, 3.63) is 30.3 Å². The molecule has 0 bridgehead atoms. The molecule has 1 aliphatic carbocycles. The number of carbonyl (C=O) groups is 2. The second-order valence-electron chi connectivity index (χ2n) is 5.95. The number of para-hydroxylation sites is 1. The predicted molar refractivity (Wildman–Crippen MR) is 84.6 cm³/mol. The molecule has 0 aliphatic heterocycles. The van der Waals surface area contributed by atoms with Crippen LogP contribution in [0, 0.1) is 5.92 Å². The fourth-order valence-corrected chi connectivity index (χ4v) is 2.71. The van der Waals surface area contributed by atoms with Crippen molar-refractivity contribution in [2.45, 2.75) is 51.6 Å². The van der Waals surface area contributed by atoms with Crippen LogP contribution < -0.4 is 15.4 Å². The van der Waals surface area contributed by atoms with Crippen molar-refractivity contribution in [2.75, 3.05) is 0 Å². The van der Waals surface area contributed by atoms with Crippen LogP contribution >= 0.6 is 0 Å². The van der Waals surface area contributed by atoms with E-state index in [0.29, 0.717) is 11.7 Å². The third-order valence-corrected chi connectivity index (χ3v) is 4.12. The second kappa shape index (κ2) is 7.82. The van der Waals surface area contributed by atoms with E-state index in [0.717, 1.165) is 19.3 Å². The molecule has 2 N–H and O–H groups in total. The Balaban J connectivity index is 1.79. The molecule has 1 aromatic carbocycles. The first-order valence-electron chi connectivity index (χ1n) is 7.90. The fourth-order valence-electron chi connectivity index (χ4n) is 2.71. The molecular weight excluding hydrogens is 280 g/mol. The van der Waals surface area contributed by atoms with Gasteiger partial charge in [0.15, 0.2) is 0 Å². The monoisotopic (exact) mass is 304 g/mol. The molecule has 2 rings (SSSR count). The Hall–Kier alpha value is -2.04. The number of hydrogen-bond donors (Lipinski definition) is 2.